The number of nitrogens with zero attached hydrogens (tertiary/aromatic N) is 2. The van der Waals surface area contributed by atoms with E-state index in [1.165, 1.54) is 10.4 Å². The van der Waals surface area contributed by atoms with Crippen molar-refractivity contribution in [1.29, 1.82) is 0 Å². The van der Waals surface area contributed by atoms with Crippen molar-refractivity contribution in [3.63, 3.8) is 0 Å². The van der Waals surface area contributed by atoms with E-state index >= 15 is 0 Å². The molecule has 0 bridgehead atoms. The molecule has 20 heavy (non-hydrogen) atoms. The summed E-state index contributed by atoms with van der Waals surface area (Å²) in [6, 6.07) is 8.11. The average Bonchev–Trinajstić information content (AvgIpc) is 2.95. The standard InChI is InChI=1S/C15H15N3OS/c1-10-3-5-12(6-4-10)7-16-14(19)13-9-18-8-11(2)20-15(18)17-13/h3-6,8-9H,7H2,1-2H3,(H,16,19). The summed E-state index contributed by atoms with van der Waals surface area (Å²) in [6.07, 6.45) is 3.74. The van der Waals surface area contributed by atoms with Crippen LogP contribution in [0.5, 0.6) is 0 Å². The van der Waals surface area contributed by atoms with Gasteiger partial charge in [-0.25, -0.2) is 4.98 Å². The van der Waals surface area contributed by atoms with E-state index < -0.39 is 0 Å². The third kappa shape index (κ3) is 2.58. The van der Waals surface area contributed by atoms with E-state index in [1.54, 1.807) is 17.5 Å². The van der Waals surface area contributed by atoms with Gasteiger partial charge in [-0.2, -0.15) is 0 Å². The lowest BCUT2D eigenvalue weighted by atomic mass is 10.1. The second-order valence-electron chi connectivity index (χ2n) is 4.83. The Labute approximate surface area is 121 Å². The van der Waals surface area contributed by atoms with Crippen molar-refractivity contribution in [2.75, 3.05) is 0 Å². The van der Waals surface area contributed by atoms with Gasteiger partial charge in [-0.1, -0.05) is 29.8 Å². The van der Waals surface area contributed by atoms with E-state index in [2.05, 4.69) is 10.3 Å². The van der Waals surface area contributed by atoms with Gasteiger partial charge in [-0.05, 0) is 19.4 Å². The summed E-state index contributed by atoms with van der Waals surface area (Å²) in [5.74, 6) is -0.140. The molecule has 4 nitrogen and oxygen atoms in total. The minimum absolute atomic E-state index is 0.140. The lowest BCUT2D eigenvalue weighted by Gasteiger charge is -2.03. The van der Waals surface area contributed by atoms with Gasteiger partial charge in [0.2, 0.25) is 0 Å². The number of carbonyl (C=O) groups is 1. The molecule has 0 unspecified atom stereocenters. The number of thiazole rings is 1. The third-order valence-corrected chi connectivity index (χ3v) is 3.99. The molecule has 0 aliphatic heterocycles. The second-order valence-corrected chi connectivity index (χ2v) is 6.04. The third-order valence-electron chi connectivity index (χ3n) is 3.08. The molecule has 3 rings (SSSR count). The molecule has 0 saturated heterocycles. The molecule has 1 N–H and O–H groups in total. The lowest BCUT2D eigenvalue weighted by molar-refractivity contribution is 0.0946. The molecule has 0 fully saturated rings. The van der Waals surface area contributed by atoms with E-state index in [4.69, 9.17) is 0 Å². The molecular formula is C15H15N3OS. The molecule has 1 aromatic carbocycles. The topological polar surface area (TPSA) is 46.4 Å². The van der Waals surface area contributed by atoms with Gasteiger partial charge in [0.25, 0.3) is 5.91 Å². The Morgan fingerprint density at radius 2 is 2.00 bits per heavy atom. The Morgan fingerprint density at radius 1 is 1.25 bits per heavy atom. The summed E-state index contributed by atoms with van der Waals surface area (Å²) in [6.45, 7) is 4.59. The minimum atomic E-state index is -0.140. The highest BCUT2D eigenvalue weighted by Gasteiger charge is 2.11. The van der Waals surface area contributed by atoms with Crippen molar-refractivity contribution in [3.05, 3.63) is 58.4 Å². The zero-order valence-corrected chi connectivity index (χ0v) is 12.2. The van der Waals surface area contributed by atoms with Crippen molar-refractivity contribution in [3.8, 4) is 0 Å². The number of carbonyl (C=O) groups excluding carboxylic acids is 1. The number of amides is 1. The zero-order valence-electron chi connectivity index (χ0n) is 11.4. The molecule has 2 aromatic heterocycles. The van der Waals surface area contributed by atoms with E-state index in [1.807, 2.05) is 48.7 Å². The first-order valence-corrected chi connectivity index (χ1v) is 7.22. The molecule has 0 aliphatic carbocycles. The van der Waals surface area contributed by atoms with Crippen LogP contribution in [0.15, 0.2) is 36.7 Å². The number of imidazole rings is 1. The first-order valence-electron chi connectivity index (χ1n) is 6.41. The fourth-order valence-corrected chi connectivity index (χ4v) is 2.81. The minimum Gasteiger partial charge on any atom is -0.347 e. The fraction of sp³-hybridized carbons (Fsp3) is 0.200. The number of aromatic nitrogens is 2. The molecule has 0 spiro atoms. The maximum absolute atomic E-state index is 12.1. The number of benzene rings is 1. The predicted octanol–water partition coefficient (Wildman–Crippen LogP) is 2.94. The molecule has 102 valence electrons. The van der Waals surface area contributed by atoms with Crippen molar-refractivity contribution in [1.82, 2.24) is 14.7 Å². The van der Waals surface area contributed by atoms with Crippen LogP contribution in [0.3, 0.4) is 0 Å². The van der Waals surface area contributed by atoms with Gasteiger partial charge in [0.15, 0.2) is 4.96 Å². The quantitative estimate of drug-likeness (QED) is 0.804. The van der Waals surface area contributed by atoms with Gasteiger partial charge in [0.1, 0.15) is 5.69 Å². The molecule has 0 atom stereocenters. The molecule has 3 aromatic rings. The highest BCUT2D eigenvalue weighted by atomic mass is 32.1. The molecule has 2 heterocycles. The second kappa shape index (κ2) is 5.09. The van der Waals surface area contributed by atoms with E-state index in [9.17, 15) is 4.79 Å². The van der Waals surface area contributed by atoms with E-state index in [0.29, 0.717) is 12.2 Å². The van der Waals surface area contributed by atoms with Crippen molar-refractivity contribution >= 4 is 22.2 Å². The molecule has 0 radical (unpaired) electrons. The number of rotatable bonds is 3. The number of fused-ring (bicyclic) bond motifs is 1. The van der Waals surface area contributed by atoms with Crippen LogP contribution in [-0.2, 0) is 6.54 Å². The molecule has 0 saturated carbocycles. The van der Waals surface area contributed by atoms with Crippen molar-refractivity contribution in [2.24, 2.45) is 0 Å². The zero-order chi connectivity index (χ0) is 14.1. The first-order chi connectivity index (χ1) is 9.61. The molecule has 5 heteroatoms. The maximum atomic E-state index is 12.1. The average molecular weight is 285 g/mol. The summed E-state index contributed by atoms with van der Waals surface area (Å²) >= 11 is 1.58. The maximum Gasteiger partial charge on any atom is 0.271 e. The highest BCUT2D eigenvalue weighted by Crippen LogP contribution is 2.16. The highest BCUT2D eigenvalue weighted by molar-refractivity contribution is 7.17. The Bertz CT molecular complexity index is 724. The first kappa shape index (κ1) is 12.9. The van der Waals surface area contributed by atoms with Crippen LogP contribution in [0.4, 0.5) is 0 Å². The number of hydrogen-bond donors (Lipinski definition) is 1. The van der Waals surface area contributed by atoms with Crippen LogP contribution in [0.1, 0.15) is 26.5 Å². The van der Waals surface area contributed by atoms with Gasteiger partial charge in [-0.15, -0.1) is 11.3 Å². The lowest BCUT2D eigenvalue weighted by Crippen LogP contribution is -2.23. The summed E-state index contributed by atoms with van der Waals surface area (Å²) in [7, 11) is 0. The largest absolute Gasteiger partial charge is 0.347 e. The summed E-state index contributed by atoms with van der Waals surface area (Å²) in [4.78, 5) is 18.4. The SMILES string of the molecule is Cc1ccc(CNC(=O)c2cn3cc(C)sc3n2)cc1. The Morgan fingerprint density at radius 3 is 2.70 bits per heavy atom. The van der Waals surface area contributed by atoms with Crippen LogP contribution >= 0.6 is 11.3 Å². The summed E-state index contributed by atoms with van der Waals surface area (Å²) in [5.41, 5.74) is 2.76. The van der Waals surface area contributed by atoms with Crippen molar-refractivity contribution in [2.45, 2.75) is 20.4 Å². The van der Waals surface area contributed by atoms with Crippen LogP contribution in [0, 0.1) is 13.8 Å². The Kier molecular flexibility index (Phi) is 3.28. The van der Waals surface area contributed by atoms with Gasteiger partial charge in [0, 0.05) is 23.8 Å². The normalized spacial score (nSPS) is 10.9. The Hall–Kier alpha value is -2.14. The fourth-order valence-electron chi connectivity index (χ4n) is 2.00. The Balaban J connectivity index is 1.69. The van der Waals surface area contributed by atoms with Crippen LogP contribution in [0.25, 0.3) is 4.96 Å². The van der Waals surface area contributed by atoms with E-state index in [0.717, 1.165) is 10.5 Å². The number of hydrogen-bond acceptors (Lipinski definition) is 3. The monoisotopic (exact) mass is 285 g/mol. The molecule has 1 amide bonds. The number of nitrogens with one attached hydrogen (secondary N) is 1. The van der Waals surface area contributed by atoms with Gasteiger partial charge in [0.05, 0.1) is 0 Å². The smallest absolute Gasteiger partial charge is 0.271 e. The molecular weight excluding hydrogens is 270 g/mol. The van der Waals surface area contributed by atoms with Crippen LogP contribution < -0.4 is 5.32 Å². The van der Waals surface area contributed by atoms with Gasteiger partial charge >= 0.3 is 0 Å². The van der Waals surface area contributed by atoms with Gasteiger partial charge < -0.3 is 5.32 Å². The summed E-state index contributed by atoms with van der Waals surface area (Å²) < 4.78 is 1.89. The number of aryl methyl sites for hydroxylation is 2. The predicted molar refractivity (Wildman–Crippen MR) is 80.2 cm³/mol. The van der Waals surface area contributed by atoms with E-state index in [-0.39, 0.29) is 5.91 Å². The molecule has 0 aliphatic rings. The van der Waals surface area contributed by atoms with Crippen LogP contribution in [0.2, 0.25) is 0 Å². The van der Waals surface area contributed by atoms with Crippen LogP contribution in [-0.4, -0.2) is 15.3 Å². The van der Waals surface area contributed by atoms with Crippen molar-refractivity contribution < 1.29 is 4.79 Å². The van der Waals surface area contributed by atoms with Gasteiger partial charge in [-0.3, -0.25) is 9.20 Å². The summed E-state index contributed by atoms with van der Waals surface area (Å²) in [5, 5.41) is 2.89.